The Hall–Kier alpha value is -1.53. The molecular formula is C19H27NO5. The van der Waals surface area contributed by atoms with Gasteiger partial charge in [-0.2, -0.15) is 0 Å². The molecule has 4 rings (SSSR count). The summed E-state index contributed by atoms with van der Waals surface area (Å²) in [5, 5.41) is 0. The number of carbonyl (C=O) groups excluding carboxylic acids is 1. The van der Waals surface area contributed by atoms with Gasteiger partial charge in [-0.25, -0.2) is 0 Å². The first-order chi connectivity index (χ1) is 12.1. The van der Waals surface area contributed by atoms with Gasteiger partial charge in [0.1, 0.15) is 0 Å². The van der Waals surface area contributed by atoms with E-state index >= 15 is 0 Å². The lowest BCUT2D eigenvalue weighted by molar-refractivity contribution is -0.0979. The van der Waals surface area contributed by atoms with Gasteiger partial charge in [0.05, 0.1) is 24.9 Å². The van der Waals surface area contributed by atoms with Crippen molar-refractivity contribution in [2.24, 2.45) is 5.92 Å². The number of nitrogens with zero attached hydrogens (tertiary/aromatic N) is 1. The van der Waals surface area contributed by atoms with Gasteiger partial charge in [0, 0.05) is 26.3 Å². The van der Waals surface area contributed by atoms with Crippen molar-refractivity contribution in [1.82, 2.24) is 4.90 Å². The minimum absolute atomic E-state index is 0.0408. The molecule has 3 fully saturated rings. The molecule has 0 spiro atoms. The third kappa shape index (κ3) is 3.17. The molecule has 1 amide bonds. The van der Waals surface area contributed by atoms with Crippen molar-refractivity contribution >= 4 is 5.91 Å². The van der Waals surface area contributed by atoms with Crippen LogP contribution in [0.3, 0.4) is 0 Å². The topological polar surface area (TPSA) is 61.1 Å². The van der Waals surface area contributed by atoms with Gasteiger partial charge in [-0.1, -0.05) is 0 Å². The zero-order valence-corrected chi connectivity index (χ0v) is 15.0. The van der Waals surface area contributed by atoms with E-state index in [1.54, 1.807) is 19.2 Å². The number of ether oxygens (including phenoxy) is 3. The van der Waals surface area contributed by atoms with E-state index in [0.29, 0.717) is 18.3 Å². The van der Waals surface area contributed by atoms with Crippen molar-refractivity contribution in [2.75, 3.05) is 27.4 Å². The summed E-state index contributed by atoms with van der Waals surface area (Å²) in [6, 6.07) is 3.40. The smallest absolute Gasteiger partial charge is 0.290 e. The van der Waals surface area contributed by atoms with Crippen molar-refractivity contribution < 1.29 is 23.4 Å². The van der Waals surface area contributed by atoms with E-state index < -0.39 is 0 Å². The Morgan fingerprint density at radius 1 is 1.28 bits per heavy atom. The molecule has 0 bridgehead atoms. The molecule has 138 valence electrons. The summed E-state index contributed by atoms with van der Waals surface area (Å²) in [5.41, 5.74) is -0.244. The van der Waals surface area contributed by atoms with E-state index in [9.17, 15) is 4.79 Å². The number of furan rings is 1. The Morgan fingerprint density at radius 2 is 2.12 bits per heavy atom. The first kappa shape index (κ1) is 16.9. The highest BCUT2D eigenvalue weighted by Crippen LogP contribution is 2.44. The molecule has 6 heteroatoms. The van der Waals surface area contributed by atoms with Gasteiger partial charge in [0.2, 0.25) is 0 Å². The van der Waals surface area contributed by atoms with Crippen molar-refractivity contribution in [3.8, 4) is 5.95 Å². The molecule has 1 aliphatic heterocycles. The lowest BCUT2D eigenvalue weighted by atomic mass is 9.79. The van der Waals surface area contributed by atoms with Crippen LogP contribution >= 0.6 is 0 Å². The van der Waals surface area contributed by atoms with Gasteiger partial charge < -0.3 is 23.5 Å². The highest BCUT2D eigenvalue weighted by molar-refractivity contribution is 5.92. The third-order valence-electron chi connectivity index (χ3n) is 6.06. The molecule has 0 unspecified atom stereocenters. The summed E-state index contributed by atoms with van der Waals surface area (Å²) >= 11 is 0. The fourth-order valence-electron chi connectivity index (χ4n) is 4.30. The number of hydrogen-bond acceptors (Lipinski definition) is 5. The molecule has 1 aromatic rings. The fraction of sp³-hybridized carbons (Fsp3) is 0.737. The zero-order chi connectivity index (χ0) is 17.4. The number of fused-ring (bicyclic) bond motifs is 1. The van der Waals surface area contributed by atoms with Gasteiger partial charge in [-0.3, -0.25) is 4.79 Å². The Kier molecular flexibility index (Phi) is 4.50. The molecule has 25 heavy (non-hydrogen) atoms. The summed E-state index contributed by atoms with van der Waals surface area (Å²) in [6.45, 7) is 1.55. The second-order valence-electron chi connectivity index (χ2n) is 7.53. The summed E-state index contributed by atoms with van der Waals surface area (Å²) < 4.78 is 22.6. The predicted molar refractivity (Wildman–Crippen MR) is 90.8 cm³/mol. The highest BCUT2D eigenvalue weighted by Gasteiger charge is 2.53. The Labute approximate surface area is 148 Å². The molecule has 3 atom stereocenters. The van der Waals surface area contributed by atoms with Crippen molar-refractivity contribution in [3.05, 3.63) is 17.9 Å². The van der Waals surface area contributed by atoms with Gasteiger partial charge in [-0.15, -0.1) is 0 Å². The van der Waals surface area contributed by atoms with Gasteiger partial charge in [0.15, 0.2) is 5.76 Å². The molecule has 3 aliphatic rings. The van der Waals surface area contributed by atoms with Gasteiger partial charge >= 0.3 is 0 Å². The number of carbonyl (C=O) groups is 1. The summed E-state index contributed by atoms with van der Waals surface area (Å²) in [7, 11) is 3.30. The Balaban J connectivity index is 1.48. The third-order valence-corrected chi connectivity index (χ3v) is 6.06. The van der Waals surface area contributed by atoms with E-state index in [4.69, 9.17) is 18.6 Å². The van der Waals surface area contributed by atoms with Crippen LogP contribution in [0.4, 0.5) is 0 Å². The first-order valence-corrected chi connectivity index (χ1v) is 9.27. The maximum Gasteiger partial charge on any atom is 0.290 e. The van der Waals surface area contributed by atoms with Crippen molar-refractivity contribution in [3.63, 3.8) is 0 Å². The van der Waals surface area contributed by atoms with E-state index in [1.807, 2.05) is 4.90 Å². The second kappa shape index (κ2) is 6.65. The summed E-state index contributed by atoms with van der Waals surface area (Å²) in [6.07, 6.45) is 6.46. The number of likely N-dealkylation sites (tertiary alicyclic amines) is 1. The van der Waals surface area contributed by atoms with Crippen LogP contribution in [-0.4, -0.2) is 55.9 Å². The molecule has 0 N–H and O–H groups in total. The normalized spacial score (nSPS) is 31.8. The first-order valence-electron chi connectivity index (χ1n) is 9.27. The van der Waals surface area contributed by atoms with Gasteiger partial charge in [-0.05, 0) is 50.5 Å². The van der Waals surface area contributed by atoms with Crippen LogP contribution in [0, 0.1) is 5.92 Å². The number of hydrogen-bond donors (Lipinski definition) is 0. The monoisotopic (exact) mass is 349 g/mol. The Bertz CT molecular complexity index is 625. The molecule has 0 aromatic carbocycles. The lowest BCUT2D eigenvalue weighted by Crippen LogP contribution is -2.53. The molecule has 0 radical (unpaired) electrons. The maximum absolute atomic E-state index is 13.0. The molecule has 2 saturated carbocycles. The standard InChI is InChI=1S/C19H27NO5/c1-22-17-6-5-15(25-17)18(21)20-10-9-19(23-2)8-7-14(11-16(19)20)24-12-13-3-4-13/h5-6,13-14,16H,3-4,7-12H2,1-2H3/t14-,16-,19+/m0/s1. The van der Waals surface area contributed by atoms with E-state index in [-0.39, 0.29) is 23.7 Å². The molecular weight excluding hydrogens is 322 g/mol. The predicted octanol–water partition coefficient (Wildman–Crippen LogP) is 2.87. The van der Waals surface area contributed by atoms with Crippen LogP contribution in [0.25, 0.3) is 0 Å². The van der Waals surface area contributed by atoms with Crippen LogP contribution < -0.4 is 4.74 Å². The molecule has 1 saturated heterocycles. The van der Waals surface area contributed by atoms with Crippen molar-refractivity contribution in [1.29, 1.82) is 0 Å². The average Bonchev–Trinajstić information content (AvgIpc) is 3.21. The van der Waals surface area contributed by atoms with Crippen molar-refractivity contribution in [2.45, 2.75) is 56.3 Å². The van der Waals surface area contributed by atoms with Crippen LogP contribution in [0.1, 0.15) is 49.1 Å². The molecule has 1 aromatic heterocycles. The van der Waals surface area contributed by atoms with Gasteiger partial charge in [0.25, 0.3) is 11.9 Å². The van der Waals surface area contributed by atoms with Crippen LogP contribution in [0.15, 0.2) is 16.5 Å². The minimum Gasteiger partial charge on any atom is -0.468 e. The average molecular weight is 349 g/mol. The summed E-state index contributed by atoms with van der Waals surface area (Å²) in [5.74, 6) is 1.35. The number of amides is 1. The van der Waals surface area contributed by atoms with Crippen LogP contribution in [0.5, 0.6) is 5.95 Å². The zero-order valence-electron chi connectivity index (χ0n) is 15.0. The quantitative estimate of drug-likeness (QED) is 0.790. The fourth-order valence-corrected chi connectivity index (χ4v) is 4.30. The van der Waals surface area contributed by atoms with Crippen LogP contribution in [0.2, 0.25) is 0 Å². The molecule has 2 aliphatic carbocycles. The van der Waals surface area contributed by atoms with E-state index in [0.717, 1.165) is 38.2 Å². The van der Waals surface area contributed by atoms with E-state index in [1.165, 1.54) is 20.0 Å². The largest absolute Gasteiger partial charge is 0.468 e. The number of methoxy groups -OCH3 is 2. The molecule has 6 nitrogen and oxygen atoms in total. The maximum atomic E-state index is 13.0. The minimum atomic E-state index is -0.244. The lowest BCUT2D eigenvalue weighted by Gasteiger charge is -2.43. The van der Waals surface area contributed by atoms with E-state index in [2.05, 4.69) is 0 Å². The second-order valence-corrected chi connectivity index (χ2v) is 7.53. The summed E-state index contributed by atoms with van der Waals surface area (Å²) in [4.78, 5) is 14.9. The molecule has 2 heterocycles. The number of rotatable bonds is 6. The van der Waals surface area contributed by atoms with Crippen LogP contribution in [-0.2, 0) is 9.47 Å². The SMILES string of the molecule is COc1ccc(C(=O)N2CC[C@]3(OC)CC[C@H](OCC4CC4)C[C@H]23)o1. The Morgan fingerprint density at radius 3 is 2.80 bits per heavy atom. The highest BCUT2D eigenvalue weighted by atomic mass is 16.6.